The summed E-state index contributed by atoms with van der Waals surface area (Å²) in [6.45, 7) is -0.387. The highest BCUT2D eigenvalue weighted by molar-refractivity contribution is 9.10. The van der Waals surface area contributed by atoms with Crippen LogP contribution in [-0.2, 0) is 25.1 Å². The van der Waals surface area contributed by atoms with Crippen LogP contribution in [0.25, 0.3) is 0 Å². The summed E-state index contributed by atoms with van der Waals surface area (Å²) in [5.74, 6) is 0.303. The van der Waals surface area contributed by atoms with Gasteiger partial charge in [0.05, 0.1) is 22.4 Å². The predicted molar refractivity (Wildman–Crippen MR) is 110 cm³/mol. The number of anilines is 1. The summed E-state index contributed by atoms with van der Waals surface area (Å²) < 4.78 is 119. The number of halogens is 10. The average Bonchev–Trinajstić information content (AvgIpc) is 3.55. The van der Waals surface area contributed by atoms with Crippen LogP contribution in [0, 0.1) is 5.92 Å². The van der Waals surface area contributed by atoms with Crippen molar-refractivity contribution in [3.8, 4) is 0 Å². The molecule has 0 aromatic heterocycles. The third-order valence-electron chi connectivity index (χ3n) is 6.03. The number of benzene rings is 2. The Labute approximate surface area is 197 Å². The second-order valence-electron chi connectivity index (χ2n) is 8.59. The van der Waals surface area contributed by atoms with Crippen LogP contribution >= 0.6 is 15.9 Å². The van der Waals surface area contributed by atoms with Gasteiger partial charge in [-0.25, -0.2) is 0 Å². The lowest BCUT2D eigenvalue weighted by Crippen LogP contribution is -2.36. The number of rotatable bonds is 4. The van der Waals surface area contributed by atoms with Gasteiger partial charge in [0.25, 0.3) is 0 Å². The molecule has 2 aliphatic rings. The third-order valence-corrected chi connectivity index (χ3v) is 6.66. The molecule has 34 heavy (non-hydrogen) atoms. The van der Waals surface area contributed by atoms with Gasteiger partial charge in [0.2, 0.25) is 0 Å². The van der Waals surface area contributed by atoms with Gasteiger partial charge in [0.1, 0.15) is 0 Å². The SMILES string of the molecule is FC(F)(F)c1cc(CN[C@@H]2C[C@H](C3CC3)Nc3c(Br)cc(C(F)(F)F)cc32)cc(C(F)(F)F)c1. The zero-order valence-corrected chi connectivity index (χ0v) is 18.8. The van der Waals surface area contributed by atoms with Crippen molar-refractivity contribution in [3.05, 3.63) is 62.6 Å². The number of hydrogen-bond acceptors (Lipinski definition) is 2. The Bertz CT molecular complexity index is 1040. The molecule has 4 rings (SSSR count). The highest BCUT2D eigenvalue weighted by Gasteiger charge is 2.40. The van der Waals surface area contributed by atoms with E-state index in [4.69, 9.17) is 0 Å². The first-order chi connectivity index (χ1) is 15.6. The van der Waals surface area contributed by atoms with Crippen LogP contribution < -0.4 is 10.6 Å². The van der Waals surface area contributed by atoms with E-state index in [0.717, 1.165) is 25.0 Å². The third kappa shape index (κ3) is 5.48. The number of nitrogens with one attached hydrogen (secondary N) is 2. The highest BCUT2D eigenvalue weighted by Crippen LogP contribution is 2.47. The topological polar surface area (TPSA) is 24.1 Å². The Balaban J connectivity index is 1.67. The van der Waals surface area contributed by atoms with Gasteiger partial charge in [-0.15, -0.1) is 0 Å². The van der Waals surface area contributed by atoms with Crippen LogP contribution in [-0.4, -0.2) is 6.04 Å². The lowest BCUT2D eigenvalue weighted by molar-refractivity contribution is -0.143. The number of fused-ring (bicyclic) bond motifs is 1. The van der Waals surface area contributed by atoms with Crippen molar-refractivity contribution < 1.29 is 39.5 Å². The Morgan fingerprint density at radius 2 is 1.32 bits per heavy atom. The van der Waals surface area contributed by atoms with Crippen LogP contribution in [0.2, 0.25) is 0 Å². The van der Waals surface area contributed by atoms with E-state index in [1.54, 1.807) is 0 Å². The molecule has 0 saturated heterocycles. The maximum atomic E-state index is 13.4. The van der Waals surface area contributed by atoms with Crippen LogP contribution in [0.15, 0.2) is 34.8 Å². The van der Waals surface area contributed by atoms with Gasteiger partial charge in [-0.3, -0.25) is 0 Å². The molecule has 0 bridgehead atoms. The smallest absolute Gasteiger partial charge is 0.381 e. The summed E-state index contributed by atoms with van der Waals surface area (Å²) in [7, 11) is 0. The van der Waals surface area contributed by atoms with Crippen LogP contribution in [0.4, 0.5) is 45.2 Å². The molecule has 2 atom stereocenters. The van der Waals surface area contributed by atoms with Crippen LogP contribution in [0.1, 0.15) is 53.1 Å². The summed E-state index contributed by atoms with van der Waals surface area (Å²) in [5, 5.41) is 6.15. The summed E-state index contributed by atoms with van der Waals surface area (Å²) in [5.41, 5.74) is -3.37. The van der Waals surface area contributed by atoms with E-state index in [1.807, 2.05) is 0 Å². The van der Waals surface area contributed by atoms with E-state index in [0.29, 0.717) is 30.2 Å². The van der Waals surface area contributed by atoms with Crippen molar-refractivity contribution in [1.82, 2.24) is 5.32 Å². The molecule has 0 amide bonds. The molecule has 1 aliphatic heterocycles. The minimum atomic E-state index is -4.99. The second kappa shape index (κ2) is 8.61. The molecule has 2 nitrogen and oxygen atoms in total. The number of alkyl halides is 9. The zero-order chi connectivity index (χ0) is 25.1. The van der Waals surface area contributed by atoms with E-state index in [-0.39, 0.29) is 34.3 Å². The summed E-state index contributed by atoms with van der Waals surface area (Å²) in [4.78, 5) is 0. The molecule has 1 saturated carbocycles. The standard InChI is InChI=1S/C22H18BrF9N2/c23-16-7-14(22(30,31)32)6-15-18(8-17(11-1-2-11)34-19(15)16)33-9-10-3-12(20(24,25)26)5-13(4-10)21(27,28)29/h3-7,11,17-18,33-34H,1-2,8-9H2/t17-,18-/m1/s1. The first-order valence-corrected chi connectivity index (χ1v) is 11.1. The zero-order valence-electron chi connectivity index (χ0n) is 17.2. The molecule has 1 heterocycles. The fourth-order valence-corrected chi connectivity index (χ4v) is 4.80. The van der Waals surface area contributed by atoms with Gasteiger partial charge in [0, 0.05) is 23.1 Å². The molecule has 1 aliphatic carbocycles. The van der Waals surface area contributed by atoms with Gasteiger partial charge >= 0.3 is 18.5 Å². The van der Waals surface area contributed by atoms with E-state index in [1.165, 1.54) is 0 Å². The maximum Gasteiger partial charge on any atom is 0.416 e. The van der Waals surface area contributed by atoms with Crippen molar-refractivity contribution in [2.45, 2.75) is 56.4 Å². The first kappa shape index (κ1) is 25.2. The molecular formula is C22H18BrF9N2. The molecule has 12 heteroatoms. The fourth-order valence-electron chi connectivity index (χ4n) is 4.21. The van der Waals surface area contributed by atoms with E-state index in [9.17, 15) is 39.5 Å². The Morgan fingerprint density at radius 3 is 1.82 bits per heavy atom. The molecule has 2 N–H and O–H groups in total. The fraction of sp³-hybridized carbons (Fsp3) is 0.455. The second-order valence-corrected chi connectivity index (χ2v) is 9.45. The molecule has 0 unspecified atom stereocenters. The maximum absolute atomic E-state index is 13.4. The monoisotopic (exact) mass is 560 g/mol. The lowest BCUT2D eigenvalue weighted by Gasteiger charge is -2.35. The van der Waals surface area contributed by atoms with Crippen molar-refractivity contribution in [3.63, 3.8) is 0 Å². The highest BCUT2D eigenvalue weighted by atomic mass is 79.9. The minimum Gasteiger partial charge on any atom is -0.381 e. The van der Waals surface area contributed by atoms with Crippen molar-refractivity contribution in [2.75, 3.05) is 5.32 Å². The van der Waals surface area contributed by atoms with Crippen LogP contribution in [0.3, 0.4) is 0 Å². The Hall–Kier alpha value is -1.95. The van der Waals surface area contributed by atoms with Crippen molar-refractivity contribution in [2.24, 2.45) is 5.92 Å². The molecule has 2 aromatic carbocycles. The summed E-state index contributed by atoms with van der Waals surface area (Å²) >= 11 is 3.17. The first-order valence-electron chi connectivity index (χ1n) is 10.3. The molecular weight excluding hydrogens is 543 g/mol. The van der Waals surface area contributed by atoms with Gasteiger partial charge in [-0.1, -0.05) is 0 Å². The quantitative estimate of drug-likeness (QED) is 0.371. The average molecular weight is 561 g/mol. The Kier molecular flexibility index (Phi) is 6.37. The Morgan fingerprint density at radius 1 is 0.794 bits per heavy atom. The van der Waals surface area contributed by atoms with Crippen molar-refractivity contribution >= 4 is 21.6 Å². The summed E-state index contributed by atoms with van der Waals surface area (Å²) in [6.07, 6.45) is -12.4. The molecule has 2 aromatic rings. The predicted octanol–water partition coefficient (Wildman–Crippen LogP) is 7.93. The summed E-state index contributed by atoms with van der Waals surface area (Å²) in [6, 6.07) is 2.39. The van der Waals surface area contributed by atoms with E-state index in [2.05, 4.69) is 26.6 Å². The van der Waals surface area contributed by atoms with Crippen LogP contribution in [0.5, 0.6) is 0 Å². The largest absolute Gasteiger partial charge is 0.416 e. The molecule has 1 fully saturated rings. The number of hydrogen-bond donors (Lipinski definition) is 2. The lowest BCUT2D eigenvalue weighted by atomic mass is 9.89. The van der Waals surface area contributed by atoms with Gasteiger partial charge in [0.15, 0.2) is 0 Å². The van der Waals surface area contributed by atoms with E-state index < -0.39 is 41.3 Å². The van der Waals surface area contributed by atoms with Gasteiger partial charge in [-0.2, -0.15) is 39.5 Å². The van der Waals surface area contributed by atoms with Gasteiger partial charge < -0.3 is 10.6 Å². The molecule has 186 valence electrons. The molecule has 0 radical (unpaired) electrons. The van der Waals surface area contributed by atoms with Gasteiger partial charge in [-0.05, 0) is 82.6 Å². The van der Waals surface area contributed by atoms with Crippen molar-refractivity contribution in [1.29, 1.82) is 0 Å². The normalized spacial score (nSPS) is 21.2. The van der Waals surface area contributed by atoms with E-state index >= 15 is 0 Å². The minimum absolute atomic E-state index is 0.0408. The molecule has 0 spiro atoms.